The van der Waals surface area contributed by atoms with Crippen LogP contribution in [0.5, 0.6) is 5.75 Å². The molecular formula is C12H12BrN3O2. The first-order chi connectivity index (χ1) is 8.66. The van der Waals surface area contributed by atoms with Crippen LogP contribution in [0, 0.1) is 0 Å². The minimum Gasteiger partial charge on any atom is -0.507 e. The molecule has 18 heavy (non-hydrogen) atoms. The molecule has 0 atom stereocenters. The molecule has 94 valence electrons. The van der Waals surface area contributed by atoms with Crippen LogP contribution >= 0.6 is 15.9 Å². The number of aromatic hydroxyl groups is 1. The van der Waals surface area contributed by atoms with Gasteiger partial charge in [0, 0.05) is 29.8 Å². The van der Waals surface area contributed by atoms with Crippen LogP contribution in [-0.2, 0) is 6.42 Å². The normalized spacial score (nSPS) is 10.3. The number of aromatic amines is 1. The lowest BCUT2D eigenvalue weighted by atomic mass is 10.2. The summed E-state index contributed by atoms with van der Waals surface area (Å²) in [5, 5.41) is 12.4. The summed E-state index contributed by atoms with van der Waals surface area (Å²) < 4.78 is 0.729. The molecule has 1 aromatic carbocycles. The Labute approximate surface area is 112 Å². The molecule has 0 saturated carbocycles. The Morgan fingerprint density at radius 2 is 2.33 bits per heavy atom. The van der Waals surface area contributed by atoms with Crippen LogP contribution in [-0.4, -0.2) is 27.5 Å². The Kier molecular flexibility index (Phi) is 3.99. The molecular weight excluding hydrogens is 298 g/mol. The second-order valence-corrected chi connectivity index (χ2v) is 4.62. The Hall–Kier alpha value is -1.82. The van der Waals surface area contributed by atoms with Crippen LogP contribution in [0.15, 0.2) is 35.1 Å². The van der Waals surface area contributed by atoms with E-state index in [1.165, 1.54) is 6.07 Å². The van der Waals surface area contributed by atoms with Crippen molar-refractivity contribution in [2.45, 2.75) is 6.42 Å². The summed E-state index contributed by atoms with van der Waals surface area (Å²) in [6.45, 7) is 0.460. The molecule has 2 aromatic rings. The highest BCUT2D eigenvalue weighted by atomic mass is 79.9. The fraction of sp³-hybridized carbons (Fsp3) is 0.167. The molecule has 0 fully saturated rings. The quantitative estimate of drug-likeness (QED) is 0.806. The van der Waals surface area contributed by atoms with Crippen LogP contribution < -0.4 is 5.32 Å². The van der Waals surface area contributed by atoms with E-state index < -0.39 is 0 Å². The number of aromatic nitrogens is 2. The number of nitrogens with zero attached hydrogens (tertiary/aromatic N) is 1. The number of hydrogen-bond donors (Lipinski definition) is 3. The number of halogens is 1. The van der Waals surface area contributed by atoms with Gasteiger partial charge in [-0.3, -0.25) is 4.79 Å². The number of phenolic OH excluding ortho intramolecular Hbond substituents is 1. The van der Waals surface area contributed by atoms with Crippen molar-refractivity contribution < 1.29 is 9.90 Å². The number of carbonyl (C=O) groups is 1. The molecule has 0 bridgehead atoms. The minimum atomic E-state index is -0.299. The third-order valence-electron chi connectivity index (χ3n) is 2.41. The lowest BCUT2D eigenvalue weighted by molar-refractivity contribution is 0.0951. The number of rotatable bonds is 4. The zero-order chi connectivity index (χ0) is 13.0. The molecule has 3 N–H and O–H groups in total. The van der Waals surface area contributed by atoms with E-state index in [9.17, 15) is 9.90 Å². The van der Waals surface area contributed by atoms with Crippen molar-refractivity contribution in [2.75, 3.05) is 6.54 Å². The van der Waals surface area contributed by atoms with Gasteiger partial charge in [0.1, 0.15) is 11.6 Å². The van der Waals surface area contributed by atoms with Crippen molar-refractivity contribution in [3.05, 3.63) is 46.5 Å². The molecule has 0 saturated heterocycles. The topological polar surface area (TPSA) is 78.0 Å². The van der Waals surface area contributed by atoms with Crippen molar-refractivity contribution in [2.24, 2.45) is 0 Å². The number of carbonyl (C=O) groups excluding carboxylic acids is 1. The second kappa shape index (κ2) is 5.68. The highest BCUT2D eigenvalue weighted by Gasteiger charge is 2.10. The third-order valence-corrected chi connectivity index (χ3v) is 2.90. The van der Waals surface area contributed by atoms with Crippen molar-refractivity contribution in [3.63, 3.8) is 0 Å². The number of phenols is 1. The number of benzene rings is 1. The summed E-state index contributed by atoms with van der Waals surface area (Å²) in [4.78, 5) is 18.8. The first-order valence-corrected chi connectivity index (χ1v) is 6.21. The summed E-state index contributed by atoms with van der Waals surface area (Å²) >= 11 is 3.22. The van der Waals surface area contributed by atoms with Crippen LogP contribution in [0.4, 0.5) is 0 Å². The first kappa shape index (κ1) is 12.6. The van der Waals surface area contributed by atoms with Crippen LogP contribution in [0.2, 0.25) is 0 Å². The maximum absolute atomic E-state index is 11.8. The monoisotopic (exact) mass is 309 g/mol. The van der Waals surface area contributed by atoms with Crippen molar-refractivity contribution in [1.29, 1.82) is 0 Å². The summed E-state index contributed by atoms with van der Waals surface area (Å²) in [7, 11) is 0. The van der Waals surface area contributed by atoms with Crippen molar-refractivity contribution >= 4 is 21.8 Å². The van der Waals surface area contributed by atoms with Crippen LogP contribution in [0.25, 0.3) is 0 Å². The van der Waals surface area contributed by atoms with E-state index in [0.29, 0.717) is 13.0 Å². The molecule has 0 aliphatic rings. The molecule has 1 aromatic heterocycles. The lowest BCUT2D eigenvalue weighted by Gasteiger charge is -2.06. The van der Waals surface area contributed by atoms with Gasteiger partial charge in [0.25, 0.3) is 5.91 Å². The third kappa shape index (κ3) is 3.10. The van der Waals surface area contributed by atoms with Gasteiger partial charge in [-0.25, -0.2) is 4.98 Å². The van der Waals surface area contributed by atoms with Gasteiger partial charge in [0.15, 0.2) is 0 Å². The molecule has 2 rings (SSSR count). The highest BCUT2D eigenvalue weighted by molar-refractivity contribution is 9.10. The summed E-state index contributed by atoms with van der Waals surface area (Å²) in [6, 6.07) is 4.77. The second-order valence-electron chi connectivity index (χ2n) is 3.70. The Bertz CT molecular complexity index is 540. The zero-order valence-corrected chi connectivity index (χ0v) is 11.1. The largest absolute Gasteiger partial charge is 0.507 e. The smallest absolute Gasteiger partial charge is 0.255 e. The van der Waals surface area contributed by atoms with Gasteiger partial charge in [0.2, 0.25) is 0 Å². The van der Waals surface area contributed by atoms with Gasteiger partial charge in [-0.1, -0.05) is 15.9 Å². The fourth-order valence-electron chi connectivity index (χ4n) is 1.52. The number of hydrogen-bond acceptors (Lipinski definition) is 3. The van der Waals surface area contributed by atoms with Gasteiger partial charge >= 0.3 is 0 Å². The summed E-state index contributed by atoms with van der Waals surface area (Å²) in [5.41, 5.74) is 0.262. The van der Waals surface area contributed by atoms with Gasteiger partial charge in [-0.2, -0.15) is 0 Å². The van der Waals surface area contributed by atoms with E-state index in [1.54, 1.807) is 24.5 Å². The maximum atomic E-state index is 11.8. The average molecular weight is 310 g/mol. The molecule has 0 aliphatic heterocycles. The zero-order valence-electron chi connectivity index (χ0n) is 9.48. The van der Waals surface area contributed by atoms with Crippen molar-refractivity contribution in [1.82, 2.24) is 15.3 Å². The van der Waals surface area contributed by atoms with Gasteiger partial charge in [-0.15, -0.1) is 0 Å². The molecule has 5 nitrogen and oxygen atoms in total. The SMILES string of the molecule is O=C(NCCc1ncc[nH]1)c1ccc(Br)cc1O. The first-order valence-electron chi connectivity index (χ1n) is 5.42. The van der Waals surface area contributed by atoms with Gasteiger partial charge in [-0.05, 0) is 18.2 Å². The van der Waals surface area contributed by atoms with E-state index in [2.05, 4.69) is 31.2 Å². The van der Waals surface area contributed by atoms with Crippen LogP contribution in [0.1, 0.15) is 16.2 Å². The van der Waals surface area contributed by atoms with E-state index >= 15 is 0 Å². The predicted octanol–water partition coefficient (Wildman–Crippen LogP) is 1.85. The number of amides is 1. The number of nitrogens with one attached hydrogen (secondary N) is 2. The van der Waals surface area contributed by atoms with Crippen LogP contribution in [0.3, 0.4) is 0 Å². The molecule has 1 heterocycles. The minimum absolute atomic E-state index is 0.0418. The Morgan fingerprint density at radius 1 is 1.50 bits per heavy atom. The highest BCUT2D eigenvalue weighted by Crippen LogP contribution is 2.21. The molecule has 0 spiro atoms. The predicted molar refractivity (Wildman–Crippen MR) is 70.4 cm³/mol. The molecule has 6 heteroatoms. The van der Waals surface area contributed by atoms with Gasteiger partial charge in [0.05, 0.1) is 5.56 Å². The summed E-state index contributed by atoms with van der Waals surface area (Å²) in [6.07, 6.45) is 4.02. The fourth-order valence-corrected chi connectivity index (χ4v) is 1.87. The van der Waals surface area contributed by atoms with E-state index in [0.717, 1.165) is 10.3 Å². The Morgan fingerprint density at radius 3 is 3.00 bits per heavy atom. The van der Waals surface area contributed by atoms with Crippen molar-refractivity contribution in [3.8, 4) is 5.75 Å². The Balaban J connectivity index is 1.91. The van der Waals surface area contributed by atoms with E-state index in [4.69, 9.17) is 0 Å². The molecule has 0 aliphatic carbocycles. The molecule has 1 amide bonds. The number of H-pyrrole nitrogens is 1. The summed E-state index contributed by atoms with van der Waals surface area (Å²) in [5.74, 6) is 0.474. The lowest BCUT2D eigenvalue weighted by Crippen LogP contribution is -2.26. The molecule has 0 radical (unpaired) electrons. The number of imidazole rings is 1. The molecule has 0 unspecified atom stereocenters. The maximum Gasteiger partial charge on any atom is 0.255 e. The van der Waals surface area contributed by atoms with Gasteiger partial charge < -0.3 is 15.4 Å². The average Bonchev–Trinajstić information content (AvgIpc) is 2.81. The van der Waals surface area contributed by atoms with E-state index in [1.807, 2.05) is 0 Å². The standard InChI is InChI=1S/C12H12BrN3O2/c13-8-1-2-9(10(17)7-8)12(18)16-4-3-11-14-5-6-15-11/h1-2,5-7,17H,3-4H2,(H,14,15)(H,16,18). The van der Waals surface area contributed by atoms with E-state index in [-0.39, 0.29) is 17.2 Å².